The summed E-state index contributed by atoms with van der Waals surface area (Å²) >= 11 is 0. The third-order valence-electron chi connectivity index (χ3n) is 6.53. The van der Waals surface area contributed by atoms with Gasteiger partial charge in [-0.15, -0.1) is 0 Å². The summed E-state index contributed by atoms with van der Waals surface area (Å²) in [6.45, 7) is 7.05. The lowest BCUT2D eigenvalue weighted by Gasteiger charge is -2.29. The van der Waals surface area contributed by atoms with Crippen LogP contribution in [0.5, 0.6) is 5.75 Å². The maximum atomic E-state index is 12.5. The molecule has 1 saturated carbocycles. The zero-order valence-electron chi connectivity index (χ0n) is 21.0. The number of likely N-dealkylation sites (tertiary alicyclic amines) is 1. The van der Waals surface area contributed by atoms with Gasteiger partial charge in [0.15, 0.2) is 0 Å². The Labute approximate surface area is 204 Å². The first-order valence-electron chi connectivity index (χ1n) is 12.4. The van der Waals surface area contributed by atoms with Crippen molar-refractivity contribution < 1.29 is 26.9 Å². The van der Waals surface area contributed by atoms with Gasteiger partial charge in [0, 0.05) is 12.7 Å². The van der Waals surface area contributed by atoms with Gasteiger partial charge in [-0.2, -0.15) is 8.42 Å². The first kappa shape index (κ1) is 26.7. The van der Waals surface area contributed by atoms with Gasteiger partial charge >= 0.3 is 6.09 Å². The van der Waals surface area contributed by atoms with Crippen LogP contribution in [-0.4, -0.2) is 62.1 Å². The van der Waals surface area contributed by atoms with Crippen LogP contribution in [0.3, 0.4) is 0 Å². The summed E-state index contributed by atoms with van der Waals surface area (Å²) in [5.41, 5.74) is 0.656. The highest BCUT2D eigenvalue weighted by Gasteiger charge is 2.32. The van der Waals surface area contributed by atoms with Crippen LogP contribution < -0.4 is 4.74 Å². The van der Waals surface area contributed by atoms with Crippen LogP contribution >= 0.6 is 0 Å². The van der Waals surface area contributed by atoms with Crippen molar-refractivity contribution in [2.45, 2.75) is 83.8 Å². The summed E-state index contributed by atoms with van der Waals surface area (Å²) in [5, 5.41) is 0. The van der Waals surface area contributed by atoms with E-state index in [9.17, 15) is 13.2 Å². The fourth-order valence-corrected chi connectivity index (χ4v) is 5.24. The smallest absolute Gasteiger partial charge is 0.410 e. The second-order valence-corrected chi connectivity index (χ2v) is 12.4. The van der Waals surface area contributed by atoms with Crippen LogP contribution in [0.15, 0.2) is 18.5 Å². The number of carbonyl (C=O) groups excluding carboxylic acids is 1. The molecule has 2 fully saturated rings. The van der Waals surface area contributed by atoms with Gasteiger partial charge in [0.05, 0.1) is 25.1 Å². The van der Waals surface area contributed by atoms with E-state index in [1.807, 2.05) is 27.0 Å². The van der Waals surface area contributed by atoms with E-state index in [1.54, 1.807) is 11.1 Å². The molecule has 1 aliphatic heterocycles. The van der Waals surface area contributed by atoms with Crippen LogP contribution in [-0.2, 0) is 25.5 Å². The molecular weight excluding hydrogens is 456 g/mol. The van der Waals surface area contributed by atoms with Crippen molar-refractivity contribution in [3.63, 3.8) is 0 Å². The number of rotatable bonds is 9. The molecule has 3 rings (SSSR count). The lowest BCUT2D eigenvalue weighted by atomic mass is 9.78. The van der Waals surface area contributed by atoms with Crippen molar-refractivity contribution in [2.24, 2.45) is 11.8 Å². The van der Waals surface area contributed by atoms with Gasteiger partial charge in [0.2, 0.25) is 0 Å². The summed E-state index contributed by atoms with van der Waals surface area (Å²) in [7, 11) is -3.35. The molecule has 2 heterocycles. The molecule has 9 heteroatoms. The molecule has 2 aliphatic rings. The molecule has 192 valence electrons. The quantitative estimate of drug-likeness (QED) is 0.462. The molecule has 0 aromatic carbocycles. The highest BCUT2D eigenvalue weighted by atomic mass is 32.2. The van der Waals surface area contributed by atoms with Gasteiger partial charge in [-0.05, 0) is 82.8 Å². The lowest BCUT2D eigenvalue weighted by Crippen LogP contribution is -2.42. The molecule has 1 amide bonds. The maximum Gasteiger partial charge on any atom is 0.410 e. The molecular formula is C25H40N2O6S. The second kappa shape index (κ2) is 11.7. The van der Waals surface area contributed by atoms with Gasteiger partial charge in [-0.25, -0.2) is 4.79 Å². The molecule has 0 N–H and O–H groups in total. The Morgan fingerprint density at radius 3 is 2.50 bits per heavy atom. The first-order valence-corrected chi connectivity index (χ1v) is 14.2. The number of ether oxygens (including phenoxy) is 2. The minimum absolute atomic E-state index is 0.0143. The number of nitrogens with zero attached hydrogens (tertiary/aromatic N) is 2. The number of pyridine rings is 1. The fraction of sp³-hybridized carbons (Fsp3) is 0.760. The Bertz CT molecular complexity index is 906. The predicted octanol–water partition coefficient (Wildman–Crippen LogP) is 4.58. The number of carbonyl (C=O) groups is 1. The SMILES string of the molecule is CC(C)(C)OC(=O)N1CCC[C@H]1COc1cncc(CC2CCC(CCOS(C)(=O)=O)CC2)c1. The lowest BCUT2D eigenvalue weighted by molar-refractivity contribution is 0.0187. The topological polar surface area (TPSA) is 95.0 Å². The highest BCUT2D eigenvalue weighted by molar-refractivity contribution is 7.85. The zero-order chi connectivity index (χ0) is 24.8. The van der Waals surface area contributed by atoms with Crippen LogP contribution in [0.1, 0.15) is 71.3 Å². The van der Waals surface area contributed by atoms with E-state index in [1.165, 1.54) is 0 Å². The van der Waals surface area contributed by atoms with Gasteiger partial charge in [-0.3, -0.25) is 9.17 Å². The van der Waals surface area contributed by atoms with Crippen molar-refractivity contribution in [1.29, 1.82) is 0 Å². The normalized spacial score (nSPS) is 23.6. The molecule has 1 saturated heterocycles. The molecule has 34 heavy (non-hydrogen) atoms. The van der Waals surface area contributed by atoms with Crippen molar-refractivity contribution >= 4 is 16.2 Å². The van der Waals surface area contributed by atoms with Crippen molar-refractivity contribution in [3.8, 4) is 5.75 Å². The molecule has 0 bridgehead atoms. The highest BCUT2D eigenvalue weighted by Crippen LogP contribution is 2.33. The molecule has 1 aromatic heterocycles. The van der Waals surface area contributed by atoms with Crippen molar-refractivity contribution in [2.75, 3.05) is 26.0 Å². The number of hydrogen-bond donors (Lipinski definition) is 0. The molecule has 8 nitrogen and oxygen atoms in total. The van der Waals surface area contributed by atoms with Gasteiger partial charge < -0.3 is 14.4 Å². The first-order chi connectivity index (χ1) is 16.0. The van der Waals surface area contributed by atoms with Crippen LogP contribution in [0.25, 0.3) is 0 Å². The predicted molar refractivity (Wildman–Crippen MR) is 130 cm³/mol. The molecule has 1 aromatic rings. The monoisotopic (exact) mass is 496 g/mol. The van der Waals surface area contributed by atoms with Gasteiger partial charge in [-0.1, -0.05) is 12.8 Å². The fourth-order valence-electron chi connectivity index (χ4n) is 4.84. The van der Waals surface area contributed by atoms with E-state index in [4.69, 9.17) is 13.7 Å². The Kier molecular flexibility index (Phi) is 9.20. The Morgan fingerprint density at radius 2 is 1.82 bits per heavy atom. The van der Waals surface area contributed by atoms with E-state index in [2.05, 4.69) is 11.1 Å². The number of hydrogen-bond acceptors (Lipinski definition) is 7. The summed E-state index contributed by atoms with van der Waals surface area (Å²) in [6.07, 6.45) is 12.5. The number of aromatic nitrogens is 1. The maximum absolute atomic E-state index is 12.5. The van der Waals surface area contributed by atoms with Crippen molar-refractivity contribution in [3.05, 3.63) is 24.0 Å². The summed E-state index contributed by atoms with van der Waals surface area (Å²) in [6, 6.07) is 2.08. The zero-order valence-corrected chi connectivity index (χ0v) is 21.8. The van der Waals surface area contributed by atoms with E-state index >= 15 is 0 Å². The van der Waals surface area contributed by atoms with Crippen molar-refractivity contribution in [1.82, 2.24) is 9.88 Å². The minimum atomic E-state index is -3.35. The van der Waals surface area contributed by atoms with Gasteiger partial charge in [0.25, 0.3) is 10.1 Å². The summed E-state index contributed by atoms with van der Waals surface area (Å²) in [5.74, 6) is 1.87. The molecule has 1 aliphatic carbocycles. The average Bonchev–Trinajstić information content (AvgIpc) is 3.21. The van der Waals surface area contributed by atoms with Gasteiger partial charge in [0.1, 0.15) is 18.0 Å². The average molecular weight is 497 g/mol. The standard InChI is InChI=1S/C25H40N2O6S/c1-25(2,3)33-24(28)27-12-5-6-22(27)18-31-23-15-21(16-26-17-23)14-20-9-7-19(8-10-20)11-13-32-34(4,29)30/h15-17,19-20,22H,5-14,18H2,1-4H3/t19?,20?,22-/m0/s1. The van der Waals surface area contributed by atoms with E-state index in [-0.39, 0.29) is 18.7 Å². The van der Waals surface area contributed by atoms with Crippen LogP contribution in [0, 0.1) is 11.8 Å². The van der Waals surface area contributed by atoms with E-state index in [0.717, 1.165) is 68.9 Å². The Morgan fingerprint density at radius 1 is 1.12 bits per heavy atom. The molecule has 0 unspecified atom stereocenters. The molecule has 0 spiro atoms. The van der Waals surface area contributed by atoms with E-state index < -0.39 is 15.7 Å². The minimum Gasteiger partial charge on any atom is -0.490 e. The second-order valence-electron chi connectivity index (χ2n) is 10.7. The van der Waals surface area contributed by atoms with E-state index in [0.29, 0.717) is 25.0 Å². The Balaban J connectivity index is 1.43. The summed E-state index contributed by atoms with van der Waals surface area (Å²) < 4.78 is 38.7. The third-order valence-corrected chi connectivity index (χ3v) is 7.13. The third kappa shape index (κ3) is 9.06. The van der Waals surface area contributed by atoms with Crippen LogP contribution in [0.4, 0.5) is 4.79 Å². The summed E-state index contributed by atoms with van der Waals surface area (Å²) in [4.78, 5) is 18.6. The van der Waals surface area contributed by atoms with Crippen LogP contribution in [0.2, 0.25) is 0 Å². The largest absolute Gasteiger partial charge is 0.490 e. The molecule has 0 radical (unpaired) electrons. The number of amides is 1. The Hall–Kier alpha value is -1.87. The molecule has 1 atom stereocenters.